The van der Waals surface area contributed by atoms with Gasteiger partial charge in [-0.05, 0) is 29.8 Å². The van der Waals surface area contributed by atoms with Crippen LogP contribution in [0.15, 0.2) is 47.5 Å². The number of ether oxygens (including phenoxy) is 3. The van der Waals surface area contributed by atoms with Crippen LogP contribution in [0.4, 0.5) is 10.1 Å². The van der Waals surface area contributed by atoms with E-state index in [0.717, 1.165) is 23.4 Å². The number of methoxy groups -OCH3 is 2. The van der Waals surface area contributed by atoms with Crippen LogP contribution < -0.4 is 15.4 Å². The molecular weight excluding hydrogens is 488 g/mol. The van der Waals surface area contributed by atoms with Crippen LogP contribution in [0.25, 0.3) is 0 Å². The van der Waals surface area contributed by atoms with E-state index in [-0.39, 0.29) is 36.4 Å². The molecule has 8 heteroatoms. The van der Waals surface area contributed by atoms with E-state index in [1.807, 2.05) is 24.3 Å². The molecule has 0 fully saturated rings. The average molecular weight is 517 g/mol. The van der Waals surface area contributed by atoms with E-state index in [1.165, 1.54) is 6.07 Å². The van der Waals surface area contributed by atoms with E-state index < -0.39 is 0 Å². The molecule has 0 spiro atoms. The smallest absolute Gasteiger partial charge is 0.195 e. The lowest BCUT2D eigenvalue weighted by Crippen LogP contribution is -2.30. The lowest BCUT2D eigenvalue weighted by Gasteiger charge is -2.14. The molecular formula is C21H29FIN3O3. The van der Waals surface area contributed by atoms with Crippen LogP contribution in [-0.2, 0) is 22.6 Å². The van der Waals surface area contributed by atoms with E-state index in [2.05, 4.69) is 15.6 Å². The second-order valence-corrected chi connectivity index (χ2v) is 6.13. The van der Waals surface area contributed by atoms with Crippen LogP contribution in [-0.4, -0.2) is 40.4 Å². The number of nitrogens with one attached hydrogen (secondary N) is 2. The number of hydrogen-bond acceptors (Lipinski definition) is 4. The van der Waals surface area contributed by atoms with Crippen LogP contribution in [0, 0.1) is 5.82 Å². The second kappa shape index (κ2) is 14.1. The summed E-state index contributed by atoms with van der Waals surface area (Å²) >= 11 is 0. The monoisotopic (exact) mass is 517 g/mol. The Morgan fingerprint density at radius 2 is 1.90 bits per heavy atom. The lowest BCUT2D eigenvalue weighted by atomic mass is 10.1. The summed E-state index contributed by atoms with van der Waals surface area (Å²) in [7, 11) is 4.92. The first kappa shape index (κ1) is 25.1. The average Bonchev–Trinajstić information content (AvgIpc) is 2.71. The molecule has 160 valence electrons. The summed E-state index contributed by atoms with van der Waals surface area (Å²) in [4.78, 5) is 4.23. The Balaban J connectivity index is 0.00000420. The number of nitrogens with zero attached hydrogens (tertiary/aromatic N) is 1. The molecule has 0 unspecified atom stereocenters. The topological polar surface area (TPSA) is 64.1 Å². The minimum Gasteiger partial charge on any atom is -0.493 e. The van der Waals surface area contributed by atoms with E-state index in [9.17, 15) is 4.39 Å². The normalized spacial score (nSPS) is 11.0. The summed E-state index contributed by atoms with van der Waals surface area (Å²) in [6.07, 6.45) is 0.833. The van der Waals surface area contributed by atoms with E-state index in [0.29, 0.717) is 31.3 Å². The van der Waals surface area contributed by atoms with E-state index in [1.54, 1.807) is 33.4 Å². The molecule has 0 aliphatic rings. The number of rotatable bonds is 10. The zero-order valence-corrected chi connectivity index (χ0v) is 19.4. The molecule has 0 amide bonds. The van der Waals surface area contributed by atoms with Gasteiger partial charge < -0.3 is 24.8 Å². The van der Waals surface area contributed by atoms with Crippen molar-refractivity contribution in [3.63, 3.8) is 0 Å². The highest BCUT2D eigenvalue weighted by Gasteiger charge is 2.05. The van der Waals surface area contributed by atoms with Crippen molar-refractivity contribution in [2.45, 2.75) is 19.6 Å². The summed E-state index contributed by atoms with van der Waals surface area (Å²) in [6.45, 7) is 2.01. The van der Waals surface area contributed by atoms with Crippen molar-refractivity contribution in [2.24, 2.45) is 4.99 Å². The molecule has 2 N–H and O–H groups in total. The SMILES string of the molecule is CN=C(NCc1ccc(F)c(COC)c1)Nc1cccc(OCCCOC)c1.I. The first-order valence-electron chi connectivity index (χ1n) is 9.12. The number of aliphatic imine (C=N–C) groups is 1. The minimum atomic E-state index is -0.268. The first-order valence-corrected chi connectivity index (χ1v) is 9.12. The fraction of sp³-hybridized carbons (Fsp3) is 0.381. The van der Waals surface area contributed by atoms with Crippen molar-refractivity contribution in [3.8, 4) is 5.75 Å². The van der Waals surface area contributed by atoms with E-state index >= 15 is 0 Å². The number of guanidine groups is 1. The third kappa shape index (κ3) is 8.97. The molecule has 2 aromatic rings. The van der Waals surface area contributed by atoms with Gasteiger partial charge in [-0.2, -0.15) is 0 Å². The van der Waals surface area contributed by atoms with Gasteiger partial charge >= 0.3 is 0 Å². The largest absolute Gasteiger partial charge is 0.493 e. The fourth-order valence-electron chi connectivity index (χ4n) is 2.56. The highest BCUT2D eigenvalue weighted by molar-refractivity contribution is 14.0. The van der Waals surface area contributed by atoms with Crippen molar-refractivity contribution in [2.75, 3.05) is 39.8 Å². The quantitative estimate of drug-likeness (QED) is 0.214. The van der Waals surface area contributed by atoms with Crippen LogP contribution in [0.5, 0.6) is 5.75 Å². The molecule has 0 heterocycles. The summed E-state index contributed by atoms with van der Waals surface area (Å²) in [6, 6.07) is 12.6. The van der Waals surface area contributed by atoms with Crippen molar-refractivity contribution >= 4 is 35.6 Å². The molecule has 0 saturated heterocycles. The molecule has 0 aromatic heterocycles. The number of halogens is 2. The number of hydrogen-bond donors (Lipinski definition) is 2. The molecule has 0 bridgehead atoms. The molecule has 0 aliphatic carbocycles. The zero-order valence-electron chi connectivity index (χ0n) is 17.0. The summed E-state index contributed by atoms with van der Waals surface area (Å²) in [5.74, 6) is 1.11. The van der Waals surface area contributed by atoms with Crippen molar-refractivity contribution in [1.29, 1.82) is 0 Å². The van der Waals surface area contributed by atoms with Gasteiger partial charge in [0.05, 0.1) is 13.2 Å². The Kier molecular flexibility index (Phi) is 12.2. The molecule has 6 nitrogen and oxygen atoms in total. The van der Waals surface area contributed by atoms with Crippen LogP contribution >= 0.6 is 24.0 Å². The predicted molar refractivity (Wildman–Crippen MR) is 125 cm³/mol. The Morgan fingerprint density at radius 1 is 1.07 bits per heavy atom. The zero-order chi connectivity index (χ0) is 20.2. The first-order chi connectivity index (χ1) is 13.7. The highest BCUT2D eigenvalue weighted by atomic mass is 127. The molecule has 0 aliphatic heterocycles. The van der Waals surface area contributed by atoms with Gasteiger partial charge in [-0.3, -0.25) is 4.99 Å². The Morgan fingerprint density at radius 3 is 2.62 bits per heavy atom. The van der Waals surface area contributed by atoms with Gasteiger partial charge in [0.25, 0.3) is 0 Å². The van der Waals surface area contributed by atoms with Crippen molar-refractivity contribution < 1.29 is 18.6 Å². The maximum atomic E-state index is 13.7. The molecule has 29 heavy (non-hydrogen) atoms. The van der Waals surface area contributed by atoms with Gasteiger partial charge in [-0.15, -0.1) is 24.0 Å². The summed E-state index contributed by atoms with van der Waals surface area (Å²) < 4.78 is 29.5. The molecule has 2 aromatic carbocycles. The fourth-order valence-corrected chi connectivity index (χ4v) is 2.56. The Hall–Kier alpha value is -1.91. The Bertz CT molecular complexity index is 775. The van der Waals surface area contributed by atoms with Crippen molar-refractivity contribution in [3.05, 3.63) is 59.4 Å². The van der Waals surface area contributed by atoms with Crippen LogP contribution in [0.1, 0.15) is 17.5 Å². The molecule has 0 saturated carbocycles. The van der Waals surface area contributed by atoms with Gasteiger partial charge in [0.1, 0.15) is 11.6 Å². The van der Waals surface area contributed by atoms with Gasteiger partial charge in [0.2, 0.25) is 0 Å². The number of benzene rings is 2. The maximum Gasteiger partial charge on any atom is 0.195 e. The van der Waals surface area contributed by atoms with Gasteiger partial charge in [0, 0.05) is 58.2 Å². The number of anilines is 1. The van der Waals surface area contributed by atoms with Crippen molar-refractivity contribution in [1.82, 2.24) is 5.32 Å². The second-order valence-electron chi connectivity index (χ2n) is 6.13. The van der Waals surface area contributed by atoms with Gasteiger partial charge in [-0.25, -0.2) is 4.39 Å². The third-order valence-corrected chi connectivity index (χ3v) is 3.95. The van der Waals surface area contributed by atoms with Gasteiger partial charge in [0.15, 0.2) is 5.96 Å². The van der Waals surface area contributed by atoms with Crippen LogP contribution in [0.3, 0.4) is 0 Å². The van der Waals surface area contributed by atoms with Gasteiger partial charge in [-0.1, -0.05) is 12.1 Å². The standard InChI is InChI=1S/C21H28FN3O3.HI/c1-23-21(24-14-16-8-9-20(22)17(12-16)15-27-3)25-18-6-4-7-19(13-18)28-11-5-10-26-2;/h4,6-9,12-13H,5,10-11,14-15H2,1-3H3,(H2,23,24,25);1H. The predicted octanol–water partition coefficient (Wildman–Crippen LogP) is 4.19. The van der Waals surface area contributed by atoms with Crippen LogP contribution in [0.2, 0.25) is 0 Å². The molecule has 0 radical (unpaired) electrons. The molecule has 0 atom stereocenters. The molecule has 2 rings (SSSR count). The minimum absolute atomic E-state index is 0. The Labute approximate surface area is 188 Å². The summed E-state index contributed by atoms with van der Waals surface area (Å²) in [5.41, 5.74) is 2.33. The third-order valence-electron chi connectivity index (χ3n) is 3.95. The van der Waals surface area contributed by atoms with E-state index in [4.69, 9.17) is 14.2 Å². The highest BCUT2D eigenvalue weighted by Crippen LogP contribution is 2.17. The summed E-state index contributed by atoms with van der Waals surface area (Å²) in [5, 5.41) is 6.45. The maximum absolute atomic E-state index is 13.7. The lowest BCUT2D eigenvalue weighted by molar-refractivity contribution is 0.172.